The summed E-state index contributed by atoms with van der Waals surface area (Å²) >= 11 is 0.945. The summed E-state index contributed by atoms with van der Waals surface area (Å²) in [4.78, 5) is 37.3. The molecule has 28 heavy (non-hydrogen) atoms. The predicted molar refractivity (Wildman–Crippen MR) is 108 cm³/mol. The Kier molecular flexibility index (Phi) is 4.75. The fourth-order valence-corrected chi connectivity index (χ4v) is 4.01. The number of carboxylic acids is 1. The molecular formula is C21H16N2O4S. The van der Waals surface area contributed by atoms with E-state index in [0.717, 1.165) is 28.2 Å². The largest absolute Gasteiger partial charge is 0.478 e. The Hall–Kier alpha value is -3.32. The van der Waals surface area contributed by atoms with Crippen LogP contribution in [0.25, 0.3) is 10.8 Å². The molecule has 1 fully saturated rings. The number of aromatic carboxylic acids is 1. The zero-order valence-corrected chi connectivity index (χ0v) is 15.5. The van der Waals surface area contributed by atoms with Crippen molar-refractivity contribution in [3.8, 4) is 0 Å². The van der Waals surface area contributed by atoms with Crippen LogP contribution in [0.4, 0.5) is 10.5 Å². The van der Waals surface area contributed by atoms with Gasteiger partial charge in [-0.2, -0.15) is 0 Å². The number of benzene rings is 3. The number of carbonyl (C=O) groups is 3. The number of anilines is 1. The third-order valence-electron chi connectivity index (χ3n) is 4.55. The van der Waals surface area contributed by atoms with Crippen LogP contribution in [0.5, 0.6) is 0 Å². The van der Waals surface area contributed by atoms with Crippen LogP contribution in [0.3, 0.4) is 0 Å². The highest BCUT2D eigenvalue weighted by atomic mass is 32.2. The third kappa shape index (κ3) is 3.44. The van der Waals surface area contributed by atoms with E-state index in [2.05, 4.69) is 5.32 Å². The highest BCUT2D eigenvalue weighted by Crippen LogP contribution is 2.32. The van der Waals surface area contributed by atoms with Crippen molar-refractivity contribution < 1.29 is 19.5 Å². The van der Waals surface area contributed by atoms with Gasteiger partial charge in [0.25, 0.3) is 11.1 Å². The second-order valence-corrected chi connectivity index (χ2v) is 7.42. The molecule has 3 aromatic rings. The SMILES string of the molecule is O=C(O)c1ccc(CN2C(=O)S[C@H](Nc3cccc4ccccc34)C2=O)cc1. The summed E-state index contributed by atoms with van der Waals surface area (Å²) in [5.41, 5.74) is 1.65. The molecule has 0 spiro atoms. The van der Waals surface area contributed by atoms with Crippen LogP contribution in [0.1, 0.15) is 15.9 Å². The van der Waals surface area contributed by atoms with Crippen molar-refractivity contribution in [2.75, 3.05) is 5.32 Å². The van der Waals surface area contributed by atoms with E-state index in [1.165, 1.54) is 17.0 Å². The highest BCUT2D eigenvalue weighted by Gasteiger charge is 2.39. The average Bonchev–Trinajstić information content (AvgIpc) is 2.96. The van der Waals surface area contributed by atoms with Gasteiger partial charge in [0.2, 0.25) is 0 Å². The maximum absolute atomic E-state index is 12.8. The number of carboxylic acid groups (broad SMARTS) is 1. The molecule has 0 unspecified atom stereocenters. The summed E-state index contributed by atoms with van der Waals surface area (Å²) in [5, 5.41) is 13.1. The number of thioether (sulfide) groups is 1. The van der Waals surface area contributed by atoms with E-state index in [-0.39, 0.29) is 23.3 Å². The molecule has 4 rings (SSSR count). The lowest BCUT2D eigenvalue weighted by Crippen LogP contribution is -2.34. The van der Waals surface area contributed by atoms with E-state index in [9.17, 15) is 14.4 Å². The summed E-state index contributed by atoms with van der Waals surface area (Å²) in [6.07, 6.45) is 0. The van der Waals surface area contributed by atoms with E-state index < -0.39 is 11.3 Å². The van der Waals surface area contributed by atoms with Crippen molar-refractivity contribution in [2.45, 2.75) is 11.9 Å². The number of nitrogens with one attached hydrogen (secondary N) is 1. The Labute approximate surface area is 165 Å². The lowest BCUT2D eigenvalue weighted by atomic mass is 10.1. The first-order valence-electron chi connectivity index (χ1n) is 8.61. The van der Waals surface area contributed by atoms with Gasteiger partial charge in [0, 0.05) is 11.1 Å². The zero-order valence-electron chi connectivity index (χ0n) is 14.7. The quantitative estimate of drug-likeness (QED) is 0.678. The van der Waals surface area contributed by atoms with E-state index in [4.69, 9.17) is 5.11 Å². The number of hydrogen-bond donors (Lipinski definition) is 2. The topological polar surface area (TPSA) is 86.7 Å². The second kappa shape index (κ2) is 7.36. The molecule has 6 nitrogen and oxygen atoms in total. The van der Waals surface area contributed by atoms with E-state index in [1.54, 1.807) is 12.1 Å². The molecule has 0 aliphatic carbocycles. The molecule has 0 radical (unpaired) electrons. The van der Waals surface area contributed by atoms with Gasteiger partial charge in [0.1, 0.15) is 0 Å². The van der Waals surface area contributed by atoms with Crippen LogP contribution < -0.4 is 5.32 Å². The number of imide groups is 1. The van der Waals surface area contributed by atoms with Crippen molar-refractivity contribution in [3.63, 3.8) is 0 Å². The lowest BCUT2D eigenvalue weighted by molar-refractivity contribution is -0.126. The molecule has 1 saturated heterocycles. The molecule has 7 heteroatoms. The standard InChI is InChI=1S/C21H16N2O4S/c24-19-18(22-17-7-3-5-14-4-1-2-6-16(14)17)28-21(27)23(19)12-13-8-10-15(11-9-13)20(25)26/h1-11,18,22H,12H2,(H,25,26)/t18-/m0/s1. The predicted octanol–water partition coefficient (Wildman–Crippen LogP) is 4.17. The lowest BCUT2D eigenvalue weighted by Gasteiger charge is -2.16. The van der Waals surface area contributed by atoms with Crippen LogP contribution in [0.15, 0.2) is 66.7 Å². The number of amides is 2. The average molecular weight is 392 g/mol. The van der Waals surface area contributed by atoms with Gasteiger partial charge in [0.05, 0.1) is 12.1 Å². The highest BCUT2D eigenvalue weighted by molar-refractivity contribution is 8.15. The van der Waals surface area contributed by atoms with Crippen LogP contribution in [-0.2, 0) is 11.3 Å². The molecule has 3 aromatic carbocycles. The minimum Gasteiger partial charge on any atom is -0.478 e. The molecule has 1 heterocycles. The molecule has 1 aliphatic heterocycles. The minimum absolute atomic E-state index is 0.109. The Morgan fingerprint density at radius 1 is 1.00 bits per heavy atom. The molecule has 1 aliphatic rings. The van der Waals surface area contributed by atoms with Crippen molar-refractivity contribution in [2.24, 2.45) is 0 Å². The molecule has 0 bridgehead atoms. The van der Waals surface area contributed by atoms with Gasteiger partial charge in [-0.25, -0.2) is 4.79 Å². The number of rotatable bonds is 5. The Morgan fingerprint density at radius 3 is 2.46 bits per heavy atom. The Morgan fingerprint density at radius 2 is 1.71 bits per heavy atom. The Bertz CT molecular complexity index is 1080. The summed E-state index contributed by atoms with van der Waals surface area (Å²) in [5.74, 6) is -1.33. The first-order chi connectivity index (χ1) is 13.5. The van der Waals surface area contributed by atoms with Gasteiger partial charge >= 0.3 is 5.97 Å². The molecule has 140 valence electrons. The maximum atomic E-state index is 12.8. The van der Waals surface area contributed by atoms with Crippen LogP contribution in [0, 0.1) is 0 Å². The first kappa shape index (κ1) is 18.1. The van der Waals surface area contributed by atoms with Crippen molar-refractivity contribution in [1.82, 2.24) is 4.90 Å². The summed E-state index contributed by atoms with van der Waals surface area (Å²) < 4.78 is 0. The fraction of sp³-hybridized carbons (Fsp3) is 0.0952. The molecule has 0 aromatic heterocycles. The summed E-state index contributed by atoms with van der Waals surface area (Å²) in [6.45, 7) is 0.109. The normalized spacial score (nSPS) is 16.6. The van der Waals surface area contributed by atoms with Gasteiger partial charge in [-0.15, -0.1) is 0 Å². The van der Waals surface area contributed by atoms with Crippen molar-refractivity contribution in [3.05, 3.63) is 77.9 Å². The van der Waals surface area contributed by atoms with Crippen LogP contribution >= 0.6 is 11.8 Å². The van der Waals surface area contributed by atoms with Crippen molar-refractivity contribution in [1.29, 1.82) is 0 Å². The zero-order chi connectivity index (χ0) is 19.7. The molecular weight excluding hydrogens is 376 g/mol. The molecule has 1 atom stereocenters. The van der Waals surface area contributed by atoms with Crippen LogP contribution in [-0.4, -0.2) is 32.5 Å². The number of hydrogen-bond acceptors (Lipinski definition) is 5. The van der Waals surface area contributed by atoms with Gasteiger partial charge in [0.15, 0.2) is 5.37 Å². The van der Waals surface area contributed by atoms with E-state index in [1.807, 2.05) is 42.5 Å². The number of fused-ring (bicyclic) bond motifs is 1. The number of carbonyl (C=O) groups excluding carboxylic acids is 2. The van der Waals surface area contributed by atoms with Gasteiger partial charge in [-0.05, 0) is 40.9 Å². The van der Waals surface area contributed by atoms with Gasteiger partial charge in [-0.1, -0.05) is 48.5 Å². The molecule has 2 N–H and O–H groups in total. The van der Waals surface area contributed by atoms with E-state index in [0.29, 0.717) is 5.56 Å². The minimum atomic E-state index is -1.02. The summed E-state index contributed by atoms with van der Waals surface area (Å²) in [6, 6.07) is 19.7. The Balaban J connectivity index is 1.51. The van der Waals surface area contributed by atoms with Crippen LogP contribution in [0.2, 0.25) is 0 Å². The fourth-order valence-electron chi connectivity index (χ4n) is 3.11. The summed E-state index contributed by atoms with van der Waals surface area (Å²) in [7, 11) is 0. The molecule has 2 amide bonds. The van der Waals surface area contributed by atoms with Gasteiger partial charge in [-0.3, -0.25) is 14.5 Å². The van der Waals surface area contributed by atoms with E-state index >= 15 is 0 Å². The number of nitrogens with zero attached hydrogens (tertiary/aromatic N) is 1. The van der Waals surface area contributed by atoms with Gasteiger partial charge < -0.3 is 10.4 Å². The van der Waals surface area contributed by atoms with Crippen molar-refractivity contribution >= 4 is 45.3 Å². The second-order valence-electron chi connectivity index (χ2n) is 6.36. The maximum Gasteiger partial charge on any atom is 0.335 e. The third-order valence-corrected chi connectivity index (χ3v) is 5.52. The smallest absolute Gasteiger partial charge is 0.335 e. The first-order valence-corrected chi connectivity index (χ1v) is 9.49. The molecule has 0 saturated carbocycles. The monoisotopic (exact) mass is 392 g/mol.